The second-order valence-corrected chi connectivity index (χ2v) is 6.57. The van der Waals surface area contributed by atoms with E-state index in [2.05, 4.69) is 20.5 Å². The molecule has 0 bridgehead atoms. The quantitative estimate of drug-likeness (QED) is 0.444. The number of thioether (sulfide) groups is 1. The van der Waals surface area contributed by atoms with Crippen molar-refractivity contribution in [3.05, 3.63) is 54.4 Å². The molecule has 0 aliphatic rings. The molecular formula is C15H12N4OS2. The minimum Gasteiger partial charge on any atom is -0.272 e. The molecule has 22 heavy (non-hydrogen) atoms. The first kappa shape index (κ1) is 14.7. The summed E-state index contributed by atoms with van der Waals surface area (Å²) in [7, 11) is 0. The van der Waals surface area contributed by atoms with Gasteiger partial charge < -0.3 is 0 Å². The number of thiazole rings is 1. The van der Waals surface area contributed by atoms with Gasteiger partial charge in [-0.15, -0.1) is 11.3 Å². The van der Waals surface area contributed by atoms with E-state index in [-0.39, 0.29) is 11.7 Å². The van der Waals surface area contributed by atoms with Crippen LogP contribution in [0.15, 0.2) is 58.2 Å². The van der Waals surface area contributed by atoms with Crippen molar-refractivity contribution in [2.45, 2.75) is 4.34 Å². The zero-order chi connectivity index (χ0) is 15.2. The number of hydrogen-bond acceptors (Lipinski definition) is 6. The van der Waals surface area contributed by atoms with Gasteiger partial charge in [0.2, 0.25) is 0 Å². The maximum Gasteiger partial charge on any atom is 0.250 e. The maximum atomic E-state index is 11.7. The topological polar surface area (TPSA) is 67.2 Å². The molecule has 7 heteroatoms. The molecule has 1 aromatic carbocycles. The van der Waals surface area contributed by atoms with Gasteiger partial charge in [0.1, 0.15) is 0 Å². The molecule has 2 aromatic heterocycles. The van der Waals surface area contributed by atoms with Crippen LogP contribution in [-0.2, 0) is 4.79 Å². The van der Waals surface area contributed by atoms with Gasteiger partial charge in [-0.2, -0.15) is 5.10 Å². The van der Waals surface area contributed by atoms with Crippen LogP contribution >= 0.6 is 23.1 Å². The fourth-order valence-electron chi connectivity index (χ4n) is 1.70. The summed E-state index contributed by atoms with van der Waals surface area (Å²) in [4.78, 5) is 20.2. The summed E-state index contributed by atoms with van der Waals surface area (Å²) >= 11 is 2.99. The number of pyridine rings is 1. The van der Waals surface area contributed by atoms with Gasteiger partial charge in [0.25, 0.3) is 5.91 Å². The zero-order valence-corrected chi connectivity index (χ0v) is 13.1. The van der Waals surface area contributed by atoms with Crippen LogP contribution < -0.4 is 5.43 Å². The van der Waals surface area contributed by atoms with Crippen LogP contribution in [0.2, 0.25) is 0 Å². The third-order valence-electron chi connectivity index (χ3n) is 2.69. The van der Waals surface area contributed by atoms with Crippen molar-refractivity contribution < 1.29 is 4.79 Å². The summed E-state index contributed by atoms with van der Waals surface area (Å²) in [5.74, 6) is 0.119. The highest BCUT2D eigenvalue weighted by molar-refractivity contribution is 8.01. The second kappa shape index (κ2) is 7.15. The SMILES string of the molecule is O=C(CSc1nc2ccccc2s1)N/N=C/c1cccnc1. The van der Waals surface area contributed by atoms with Gasteiger partial charge in [-0.05, 0) is 18.2 Å². The molecule has 2 heterocycles. The van der Waals surface area contributed by atoms with Crippen molar-refractivity contribution >= 4 is 45.4 Å². The van der Waals surface area contributed by atoms with Crippen LogP contribution in [0.5, 0.6) is 0 Å². The Bertz CT molecular complexity index is 768. The Kier molecular flexibility index (Phi) is 4.77. The summed E-state index contributed by atoms with van der Waals surface area (Å²) in [6.07, 6.45) is 4.92. The Balaban J connectivity index is 1.51. The molecule has 3 aromatic rings. The first-order valence-corrected chi connectivity index (χ1v) is 8.32. The van der Waals surface area contributed by atoms with E-state index in [0.29, 0.717) is 0 Å². The van der Waals surface area contributed by atoms with Gasteiger partial charge in [-0.25, -0.2) is 10.4 Å². The third-order valence-corrected chi connectivity index (χ3v) is 4.87. The minimum atomic E-state index is -0.163. The van der Waals surface area contributed by atoms with E-state index in [1.165, 1.54) is 11.8 Å². The Hall–Kier alpha value is -2.25. The average molecular weight is 328 g/mol. The van der Waals surface area contributed by atoms with E-state index in [4.69, 9.17) is 0 Å². The second-order valence-electron chi connectivity index (χ2n) is 4.32. The number of para-hydroxylation sites is 1. The fourth-order valence-corrected chi connectivity index (χ4v) is 3.56. The number of aromatic nitrogens is 2. The number of hydrogen-bond donors (Lipinski definition) is 1. The van der Waals surface area contributed by atoms with E-state index in [0.717, 1.165) is 20.1 Å². The number of carbonyl (C=O) groups is 1. The normalized spacial score (nSPS) is 11.1. The van der Waals surface area contributed by atoms with Crippen LogP contribution in [0.4, 0.5) is 0 Å². The molecule has 1 amide bonds. The molecule has 0 radical (unpaired) electrons. The Labute approximate surface area is 135 Å². The summed E-state index contributed by atoms with van der Waals surface area (Å²) in [5.41, 5.74) is 4.29. The smallest absolute Gasteiger partial charge is 0.250 e. The van der Waals surface area contributed by atoms with Crippen molar-refractivity contribution in [1.82, 2.24) is 15.4 Å². The summed E-state index contributed by atoms with van der Waals surface area (Å²) in [5, 5.41) is 3.90. The van der Waals surface area contributed by atoms with Crippen LogP contribution in [0, 0.1) is 0 Å². The first-order valence-electron chi connectivity index (χ1n) is 6.51. The number of amides is 1. The number of fused-ring (bicyclic) bond motifs is 1. The highest BCUT2D eigenvalue weighted by atomic mass is 32.2. The fraction of sp³-hybridized carbons (Fsp3) is 0.0667. The molecule has 0 saturated heterocycles. The van der Waals surface area contributed by atoms with Crippen LogP contribution in [0.1, 0.15) is 5.56 Å². The molecule has 5 nitrogen and oxygen atoms in total. The molecule has 3 rings (SSSR count). The molecule has 0 aliphatic heterocycles. The minimum absolute atomic E-state index is 0.163. The van der Waals surface area contributed by atoms with Gasteiger partial charge in [0, 0.05) is 18.0 Å². The highest BCUT2D eigenvalue weighted by Gasteiger charge is 2.06. The van der Waals surface area contributed by atoms with Crippen LogP contribution in [0.3, 0.4) is 0 Å². The van der Waals surface area contributed by atoms with E-state index >= 15 is 0 Å². The lowest BCUT2D eigenvalue weighted by Crippen LogP contribution is -2.19. The molecule has 0 aliphatic carbocycles. The lowest BCUT2D eigenvalue weighted by atomic mass is 10.3. The lowest BCUT2D eigenvalue weighted by Gasteiger charge is -1.97. The summed E-state index contributed by atoms with van der Waals surface area (Å²) < 4.78 is 2.01. The predicted octanol–water partition coefficient (Wildman–Crippen LogP) is 2.93. The predicted molar refractivity (Wildman–Crippen MR) is 90.3 cm³/mol. The first-order chi connectivity index (χ1) is 10.8. The molecule has 0 unspecified atom stereocenters. The van der Waals surface area contributed by atoms with Gasteiger partial charge >= 0.3 is 0 Å². The Morgan fingerprint density at radius 3 is 3.05 bits per heavy atom. The molecule has 1 N–H and O–H groups in total. The van der Waals surface area contributed by atoms with Crippen molar-refractivity contribution in [2.24, 2.45) is 5.10 Å². The number of benzene rings is 1. The largest absolute Gasteiger partial charge is 0.272 e. The number of nitrogens with zero attached hydrogens (tertiary/aromatic N) is 3. The van der Waals surface area contributed by atoms with Crippen molar-refractivity contribution in [3.63, 3.8) is 0 Å². The zero-order valence-electron chi connectivity index (χ0n) is 11.5. The number of nitrogens with one attached hydrogen (secondary N) is 1. The molecule has 110 valence electrons. The van der Waals surface area contributed by atoms with Crippen molar-refractivity contribution in [1.29, 1.82) is 0 Å². The molecule has 0 atom stereocenters. The number of rotatable bonds is 5. The molecular weight excluding hydrogens is 316 g/mol. The molecule has 0 saturated carbocycles. The lowest BCUT2D eigenvalue weighted by molar-refractivity contribution is -0.118. The van der Waals surface area contributed by atoms with Crippen molar-refractivity contribution in [3.8, 4) is 0 Å². The van der Waals surface area contributed by atoms with Gasteiger partial charge in [0.15, 0.2) is 4.34 Å². The summed E-state index contributed by atoms with van der Waals surface area (Å²) in [6, 6.07) is 11.6. The number of hydrazone groups is 1. The number of carbonyl (C=O) groups excluding carboxylic acids is 1. The van der Waals surface area contributed by atoms with E-state index in [1.807, 2.05) is 36.4 Å². The van der Waals surface area contributed by atoms with Gasteiger partial charge in [-0.1, -0.05) is 30.0 Å². The van der Waals surface area contributed by atoms with Gasteiger partial charge in [-0.3, -0.25) is 9.78 Å². The Morgan fingerprint density at radius 1 is 1.32 bits per heavy atom. The molecule has 0 spiro atoms. The van der Waals surface area contributed by atoms with Crippen molar-refractivity contribution in [2.75, 3.05) is 5.75 Å². The molecule has 0 fully saturated rings. The van der Waals surface area contributed by atoms with Crippen LogP contribution in [-0.4, -0.2) is 27.8 Å². The highest BCUT2D eigenvalue weighted by Crippen LogP contribution is 2.28. The average Bonchev–Trinajstić information content (AvgIpc) is 2.97. The monoisotopic (exact) mass is 328 g/mol. The van der Waals surface area contributed by atoms with E-state index in [1.54, 1.807) is 29.9 Å². The van der Waals surface area contributed by atoms with E-state index < -0.39 is 0 Å². The maximum absolute atomic E-state index is 11.7. The van der Waals surface area contributed by atoms with Gasteiger partial charge in [0.05, 0.1) is 22.2 Å². The Morgan fingerprint density at radius 2 is 2.23 bits per heavy atom. The summed E-state index contributed by atoms with van der Waals surface area (Å²) in [6.45, 7) is 0. The third kappa shape index (κ3) is 3.90. The van der Waals surface area contributed by atoms with E-state index in [9.17, 15) is 4.79 Å². The standard InChI is InChI=1S/C15H12N4OS2/c20-14(19-17-9-11-4-3-7-16-8-11)10-21-15-18-12-5-1-2-6-13(12)22-15/h1-9H,10H2,(H,19,20)/b17-9+. The van der Waals surface area contributed by atoms with Crippen LogP contribution in [0.25, 0.3) is 10.2 Å².